The molecule has 0 bridgehead atoms. The molecule has 2 aromatic heterocycles. The number of carbonyl (C=O) groups excluding carboxylic acids is 1. The number of pyridine rings is 1. The van der Waals surface area contributed by atoms with Crippen molar-refractivity contribution in [3.05, 3.63) is 51.7 Å². The van der Waals surface area contributed by atoms with Gasteiger partial charge in [0.1, 0.15) is 0 Å². The number of ether oxygens (including phenoxy) is 1. The number of nitrogens with one attached hydrogen (secondary N) is 1. The van der Waals surface area contributed by atoms with Crippen molar-refractivity contribution in [3.63, 3.8) is 0 Å². The van der Waals surface area contributed by atoms with Crippen molar-refractivity contribution in [2.75, 3.05) is 13.1 Å². The Morgan fingerprint density at radius 1 is 1.30 bits per heavy atom. The molecular weight excluding hydrogens is 451 g/mol. The number of aryl methyl sites for hydroxylation is 2. The van der Waals surface area contributed by atoms with Crippen LogP contribution in [-0.2, 0) is 16.7 Å². The summed E-state index contributed by atoms with van der Waals surface area (Å²) in [5.41, 5.74) is -0.346. The molecular formula is C24H32F3N3O2S. The lowest BCUT2D eigenvalue weighted by molar-refractivity contribution is -0.274. The highest BCUT2D eigenvalue weighted by Gasteiger charge is 2.61. The van der Waals surface area contributed by atoms with Gasteiger partial charge in [-0.1, -0.05) is 6.07 Å². The minimum atomic E-state index is -3.70. The molecule has 0 aromatic carbocycles. The number of amides is 1. The van der Waals surface area contributed by atoms with Crippen molar-refractivity contribution in [1.29, 1.82) is 0 Å². The van der Waals surface area contributed by atoms with Crippen LogP contribution in [0.2, 0.25) is 0 Å². The predicted molar refractivity (Wildman–Crippen MR) is 123 cm³/mol. The maximum absolute atomic E-state index is 15.6. The Hall–Kier alpha value is -2.13. The fourth-order valence-corrected chi connectivity index (χ4v) is 5.01. The highest BCUT2D eigenvalue weighted by Crippen LogP contribution is 2.51. The summed E-state index contributed by atoms with van der Waals surface area (Å²) in [5, 5.41) is 2.03. The minimum Gasteiger partial charge on any atom is -0.383 e. The second-order valence-electron chi connectivity index (χ2n) is 9.61. The van der Waals surface area contributed by atoms with Gasteiger partial charge in [0.15, 0.2) is 5.13 Å². The Morgan fingerprint density at radius 2 is 2.03 bits per heavy atom. The van der Waals surface area contributed by atoms with Crippen molar-refractivity contribution in [2.24, 2.45) is 5.41 Å². The van der Waals surface area contributed by atoms with E-state index in [9.17, 15) is 9.18 Å². The number of nitrogens with zero attached hydrogens (tertiary/aromatic N) is 2. The van der Waals surface area contributed by atoms with Gasteiger partial charge >= 0.3 is 12.2 Å². The smallest absolute Gasteiger partial charge is 0.383 e. The maximum atomic E-state index is 15.6. The molecule has 3 rings (SSSR count). The third-order valence-corrected chi connectivity index (χ3v) is 7.42. The molecule has 0 aliphatic carbocycles. The normalized spacial score (nSPS) is 19.8. The third-order valence-electron chi connectivity index (χ3n) is 6.49. The number of carbonyl (C=O) groups is 1. The minimum absolute atomic E-state index is 0.0314. The number of alkyl halides is 2. The average Bonchev–Trinajstić information content (AvgIpc) is 3.33. The van der Waals surface area contributed by atoms with E-state index in [2.05, 4.69) is 10.3 Å². The van der Waals surface area contributed by atoms with Crippen LogP contribution in [0.1, 0.15) is 56.7 Å². The quantitative estimate of drug-likeness (QED) is 0.510. The summed E-state index contributed by atoms with van der Waals surface area (Å²) in [6, 6.07) is 6.49. The Labute approximate surface area is 197 Å². The zero-order chi connectivity index (χ0) is 24.4. The molecule has 0 unspecified atom stereocenters. The highest BCUT2D eigenvalue weighted by atomic mass is 32.1. The van der Waals surface area contributed by atoms with Gasteiger partial charge in [0.25, 0.3) is 0 Å². The monoisotopic (exact) mass is 483 g/mol. The summed E-state index contributed by atoms with van der Waals surface area (Å²) in [5.74, 6) is 0. The summed E-state index contributed by atoms with van der Waals surface area (Å²) in [4.78, 5) is 19.1. The van der Waals surface area contributed by atoms with Gasteiger partial charge in [0.2, 0.25) is 0 Å². The molecule has 0 saturated carbocycles. The largest absolute Gasteiger partial charge is 0.412 e. The molecule has 5 nitrogen and oxygen atoms in total. The Balaban J connectivity index is 1.87. The molecule has 33 heavy (non-hydrogen) atoms. The van der Waals surface area contributed by atoms with Crippen LogP contribution in [0, 0.1) is 17.5 Å². The second-order valence-corrected chi connectivity index (χ2v) is 10.7. The highest BCUT2D eigenvalue weighted by molar-refractivity contribution is 7.10. The molecule has 1 saturated heterocycles. The van der Waals surface area contributed by atoms with E-state index in [0.717, 1.165) is 22.6 Å². The van der Waals surface area contributed by atoms with E-state index in [1.165, 1.54) is 6.07 Å². The van der Waals surface area contributed by atoms with Crippen LogP contribution in [-0.4, -0.2) is 41.2 Å². The predicted octanol–water partition coefficient (Wildman–Crippen LogP) is 5.88. The Kier molecular flexibility index (Phi) is 7.43. The van der Waals surface area contributed by atoms with Gasteiger partial charge in [-0.3, -0.25) is 9.88 Å². The Bertz CT molecular complexity index is 962. The number of hydrogen-bond acceptors (Lipinski definition) is 5. The number of rotatable bonds is 8. The van der Waals surface area contributed by atoms with Gasteiger partial charge in [-0.05, 0) is 84.2 Å². The summed E-state index contributed by atoms with van der Waals surface area (Å²) >= 11 is 0.954. The van der Waals surface area contributed by atoms with Gasteiger partial charge in [0.05, 0.1) is 5.41 Å². The zero-order valence-corrected chi connectivity index (χ0v) is 20.6. The lowest BCUT2D eigenvalue weighted by Gasteiger charge is -2.40. The first kappa shape index (κ1) is 25.5. The molecule has 182 valence electrons. The SMILES string of the molecule is Cc1ccc(C(C)(C)N2CC[C@@](CCc3ccc(F)s3)(C(F)(F)OC(=O)NC(C)C)C2)cn1. The van der Waals surface area contributed by atoms with Gasteiger partial charge < -0.3 is 10.1 Å². The van der Waals surface area contributed by atoms with Crippen molar-refractivity contribution >= 4 is 17.4 Å². The van der Waals surface area contributed by atoms with E-state index >= 15 is 8.78 Å². The first-order valence-electron chi connectivity index (χ1n) is 11.1. The van der Waals surface area contributed by atoms with Crippen LogP contribution in [0.15, 0.2) is 30.5 Å². The molecule has 2 aromatic rings. The van der Waals surface area contributed by atoms with Crippen LogP contribution < -0.4 is 5.32 Å². The van der Waals surface area contributed by atoms with Crippen LogP contribution in [0.3, 0.4) is 0 Å². The molecule has 1 fully saturated rings. The Morgan fingerprint density at radius 3 is 2.61 bits per heavy atom. The standard InChI is InChI=1S/C24H32F3N3O2S/c1-16(2)29-21(31)32-24(26,27)23(11-10-19-8-9-20(25)33-19)12-13-30(15-23)22(4,5)18-7-6-17(3)28-14-18/h6-9,14,16H,10-13,15H2,1-5H3,(H,29,31)/t23-/m1/s1. The lowest BCUT2D eigenvalue weighted by Crippen LogP contribution is -2.51. The van der Waals surface area contributed by atoms with Crippen molar-refractivity contribution in [1.82, 2.24) is 15.2 Å². The molecule has 0 spiro atoms. The maximum Gasteiger partial charge on any atom is 0.412 e. The zero-order valence-electron chi connectivity index (χ0n) is 19.8. The van der Waals surface area contributed by atoms with E-state index in [1.54, 1.807) is 26.1 Å². The van der Waals surface area contributed by atoms with Crippen LogP contribution >= 0.6 is 11.3 Å². The fraction of sp³-hybridized carbons (Fsp3) is 0.583. The van der Waals surface area contributed by atoms with Crippen LogP contribution in [0.5, 0.6) is 0 Å². The van der Waals surface area contributed by atoms with Crippen molar-refractivity contribution in [3.8, 4) is 0 Å². The number of likely N-dealkylation sites (tertiary alicyclic amines) is 1. The fourth-order valence-electron chi connectivity index (χ4n) is 4.29. The number of thiophene rings is 1. The molecule has 1 atom stereocenters. The molecule has 1 amide bonds. The number of alkyl carbamates (subject to hydrolysis) is 1. The van der Waals surface area contributed by atoms with Crippen LogP contribution in [0.4, 0.5) is 18.0 Å². The second kappa shape index (κ2) is 9.62. The van der Waals surface area contributed by atoms with Gasteiger partial charge in [-0.15, -0.1) is 11.3 Å². The van der Waals surface area contributed by atoms with E-state index in [1.807, 2.05) is 37.8 Å². The molecule has 9 heteroatoms. The van der Waals surface area contributed by atoms with Crippen LogP contribution in [0.25, 0.3) is 0 Å². The van der Waals surface area contributed by atoms with Gasteiger partial charge in [-0.2, -0.15) is 13.2 Å². The molecule has 0 radical (unpaired) electrons. The first-order chi connectivity index (χ1) is 15.3. The average molecular weight is 484 g/mol. The van der Waals surface area contributed by atoms with E-state index < -0.39 is 23.2 Å². The molecule has 1 aliphatic rings. The summed E-state index contributed by atoms with van der Waals surface area (Å²) in [6.07, 6.45) is -2.58. The number of hydrogen-bond donors (Lipinski definition) is 1. The molecule has 1 N–H and O–H groups in total. The topological polar surface area (TPSA) is 54.5 Å². The van der Waals surface area contributed by atoms with Gasteiger partial charge in [0, 0.05) is 34.9 Å². The summed E-state index contributed by atoms with van der Waals surface area (Å²) < 4.78 is 49.4. The van der Waals surface area contributed by atoms with E-state index in [-0.39, 0.29) is 37.0 Å². The third kappa shape index (κ3) is 5.69. The first-order valence-corrected chi connectivity index (χ1v) is 12.0. The summed E-state index contributed by atoms with van der Waals surface area (Å²) in [6.45, 7) is 9.65. The summed E-state index contributed by atoms with van der Waals surface area (Å²) in [7, 11) is 0. The molecule has 1 aliphatic heterocycles. The number of aromatic nitrogens is 1. The lowest BCUT2D eigenvalue weighted by atomic mass is 9.80. The number of halogens is 3. The van der Waals surface area contributed by atoms with E-state index in [4.69, 9.17) is 4.74 Å². The van der Waals surface area contributed by atoms with E-state index in [0.29, 0.717) is 11.4 Å². The molecule has 3 heterocycles. The van der Waals surface area contributed by atoms with Gasteiger partial charge in [-0.25, -0.2) is 4.79 Å². The van der Waals surface area contributed by atoms with Crippen molar-refractivity contribution < 1.29 is 22.7 Å². The van der Waals surface area contributed by atoms with Crippen molar-refractivity contribution in [2.45, 2.75) is 71.6 Å².